The van der Waals surface area contributed by atoms with Gasteiger partial charge in [0.05, 0.1) is 5.52 Å². The summed E-state index contributed by atoms with van der Waals surface area (Å²) in [5, 5.41) is 1.25. The van der Waals surface area contributed by atoms with Gasteiger partial charge in [-0.1, -0.05) is 71.8 Å². The van der Waals surface area contributed by atoms with Crippen LogP contribution >= 0.6 is 0 Å². The van der Waals surface area contributed by atoms with Crippen LogP contribution in [0.4, 0.5) is 0 Å². The van der Waals surface area contributed by atoms with Gasteiger partial charge >= 0.3 is 0 Å². The Morgan fingerprint density at radius 2 is 1.56 bits per heavy atom. The molecule has 0 bridgehead atoms. The quantitative estimate of drug-likeness (QED) is 0.280. The number of nitrogens with zero attached hydrogens (tertiary/aromatic N) is 1. The first-order valence-electron chi connectivity index (χ1n) is 8.08. The van der Waals surface area contributed by atoms with E-state index in [1.807, 2.05) is 12.1 Å². The van der Waals surface area contributed by atoms with Crippen molar-refractivity contribution in [2.24, 2.45) is 0 Å². The van der Waals surface area contributed by atoms with Gasteiger partial charge in [-0.15, -0.1) is 29.8 Å². The zero-order chi connectivity index (χ0) is 15.9. The Hall–Kier alpha value is -2.54. The van der Waals surface area contributed by atoms with Crippen LogP contribution in [-0.2, 0) is 20.1 Å². The summed E-state index contributed by atoms with van der Waals surface area (Å²) >= 11 is 0. The van der Waals surface area contributed by atoms with Crippen molar-refractivity contribution in [3.63, 3.8) is 0 Å². The molecule has 0 aliphatic heterocycles. The average Bonchev–Trinajstić information content (AvgIpc) is 3.07. The molecule has 1 aliphatic carbocycles. The zero-order valence-corrected chi connectivity index (χ0v) is 15.8. The number of pyridine rings is 1. The SMILES string of the molecule is [Ir].[c-]1cc(-c2ccccc2)ccc1-c1cc2c3c(cccc3n1)C=C2. The first kappa shape index (κ1) is 16.0. The van der Waals surface area contributed by atoms with Crippen molar-refractivity contribution < 1.29 is 20.1 Å². The Morgan fingerprint density at radius 3 is 2.36 bits per heavy atom. The van der Waals surface area contributed by atoms with E-state index in [4.69, 9.17) is 4.98 Å². The molecule has 0 spiro atoms. The van der Waals surface area contributed by atoms with Gasteiger partial charge in [0, 0.05) is 25.5 Å². The van der Waals surface area contributed by atoms with Crippen LogP contribution in [0, 0.1) is 6.07 Å². The second kappa shape index (κ2) is 6.40. The summed E-state index contributed by atoms with van der Waals surface area (Å²) in [5.41, 5.74) is 7.92. The van der Waals surface area contributed by atoms with Crippen LogP contribution in [-0.4, -0.2) is 4.98 Å². The van der Waals surface area contributed by atoms with E-state index < -0.39 is 0 Å². The standard InChI is InChI=1S/C23H14N.Ir/c1-2-5-16(6-3-1)17-9-11-18(12-10-17)22-15-20-14-13-19-7-4-8-21(24-22)23(19)20;/h1-11,13-15H;/q-1;. The molecule has 1 radical (unpaired) electrons. The smallest absolute Gasteiger partial charge is 0.0607 e. The maximum absolute atomic E-state index is 4.84. The van der Waals surface area contributed by atoms with Gasteiger partial charge in [-0.05, 0) is 22.9 Å². The van der Waals surface area contributed by atoms with Gasteiger partial charge in [-0.2, -0.15) is 0 Å². The van der Waals surface area contributed by atoms with Crippen molar-refractivity contribution in [1.29, 1.82) is 0 Å². The predicted octanol–water partition coefficient (Wildman–Crippen LogP) is 5.85. The third-order valence-corrected chi connectivity index (χ3v) is 4.53. The van der Waals surface area contributed by atoms with Crippen molar-refractivity contribution >= 4 is 23.1 Å². The summed E-state index contributed by atoms with van der Waals surface area (Å²) in [7, 11) is 0. The largest absolute Gasteiger partial charge is 0.296 e. The summed E-state index contributed by atoms with van der Waals surface area (Å²) in [6, 6.07) is 28.5. The Morgan fingerprint density at radius 1 is 0.720 bits per heavy atom. The third-order valence-electron chi connectivity index (χ3n) is 4.53. The Labute approximate surface area is 160 Å². The molecule has 1 nitrogen and oxygen atoms in total. The number of hydrogen-bond acceptors (Lipinski definition) is 1. The second-order valence-electron chi connectivity index (χ2n) is 6.03. The van der Waals surface area contributed by atoms with E-state index in [1.165, 1.54) is 27.6 Å². The molecule has 4 aromatic rings. The van der Waals surface area contributed by atoms with Gasteiger partial charge in [0.25, 0.3) is 0 Å². The molecule has 0 amide bonds. The minimum absolute atomic E-state index is 0. The fraction of sp³-hybridized carbons (Fsp3) is 0. The summed E-state index contributed by atoms with van der Waals surface area (Å²) in [6.45, 7) is 0. The molecule has 0 fully saturated rings. The van der Waals surface area contributed by atoms with Crippen molar-refractivity contribution in [2.45, 2.75) is 0 Å². The molecule has 0 atom stereocenters. The second-order valence-corrected chi connectivity index (χ2v) is 6.03. The minimum atomic E-state index is 0. The van der Waals surface area contributed by atoms with Crippen LogP contribution in [0.25, 0.3) is 45.4 Å². The maximum Gasteiger partial charge on any atom is 0.0607 e. The Kier molecular flexibility index (Phi) is 4.09. The fourth-order valence-electron chi connectivity index (χ4n) is 3.33. The van der Waals surface area contributed by atoms with Gasteiger partial charge in [0.15, 0.2) is 0 Å². The molecule has 1 aliphatic rings. The molecular weight excluding hydrogens is 482 g/mol. The monoisotopic (exact) mass is 497 g/mol. The van der Waals surface area contributed by atoms with E-state index in [0.717, 1.165) is 16.8 Å². The summed E-state index contributed by atoms with van der Waals surface area (Å²) < 4.78 is 0. The van der Waals surface area contributed by atoms with Crippen LogP contribution in [0.15, 0.2) is 72.8 Å². The van der Waals surface area contributed by atoms with Crippen LogP contribution in [0.3, 0.4) is 0 Å². The predicted molar refractivity (Wildman–Crippen MR) is 100 cm³/mol. The number of hydrogen-bond donors (Lipinski definition) is 0. The van der Waals surface area contributed by atoms with Gasteiger partial charge < -0.3 is 0 Å². The molecule has 2 heteroatoms. The maximum atomic E-state index is 4.84. The Balaban J connectivity index is 0.00000157. The number of aromatic nitrogens is 1. The topological polar surface area (TPSA) is 12.9 Å². The average molecular weight is 497 g/mol. The normalized spacial score (nSPS) is 11.5. The van der Waals surface area contributed by atoms with Gasteiger partial charge in [0.1, 0.15) is 0 Å². The van der Waals surface area contributed by atoms with Gasteiger partial charge in [0.2, 0.25) is 0 Å². The molecule has 1 heterocycles. The summed E-state index contributed by atoms with van der Waals surface area (Å²) in [4.78, 5) is 4.84. The number of rotatable bonds is 2. The molecule has 1 aromatic heterocycles. The van der Waals surface area contributed by atoms with E-state index in [0.29, 0.717) is 0 Å². The first-order valence-corrected chi connectivity index (χ1v) is 8.08. The van der Waals surface area contributed by atoms with Gasteiger partial charge in [-0.3, -0.25) is 4.98 Å². The Bertz CT molecular complexity index is 1080. The fourth-order valence-corrected chi connectivity index (χ4v) is 3.33. The van der Waals surface area contributed by atoms with Gasteiger partial charge in [-0.25, -0.2) is 0 Å². The van der Waals surface area contributed by atoms with E-state index >= 15 is 0 Å². The van der Waals surface area contributed by atoms with Crippen LogP contribution in [0.5, 0.6) is 0 Å². The molecule has 121 valence electrons. The minimum Gasteiger partial charge on any atom is -0.296 e. The van der Waals surface area contributed by atoms with Crippen LogP contribution in [0.2, 0.25) is 0 Å². The molecule has 0 saturated carbocycles. The molecular formula is C23H14IrN-. The van der Waals surface area contributed by atoms with E-state index in [9.17, 15) is 0 Å². The van der Waals surface area contributed by atoms with Crippen molar-refractivity contribution in [1.82, 2.24) is 4.98 Å². The van der Waals surface area contributed by atoms with E-state index in [2.05, 4.69) is 78.9 Å². The van der Waals surface area contributed by atoms with E-state index in [-0.39, 0.29) is 20.1 Å². The molecule has 25 heavy (non-hydrogen) atoms. The molecule has 0 saturated heterocycles. The zero-order valence-electron chi connectivity index (χ0n) is 13.4. The van der Waals surface area contributed by atoms with Crippen molar-refractivity contribution in [3.05, 3.63) is 90.0 Å². The van der Waals surface area contributed by atoms with Crippen LogP contribution in [0.1, 0.15) is 11.1 Å². The van der Waals surface area contributed by atoms with Crippen LogP contribution < -0.4 is 0 Å². The summed E-state index contributed by atoms with van der Waals surface area (Å²) in [6.07, 6.45) is 4.33. The van der Waals surface area contributed by atoms with Crippen molar-refractivity contribution in [2.75, 3.05) is 0 Å². The first-order chi connectivity index (χ1) is 11.9. The molecule has 3 aromatic carbocycles. The van der Waals surface area contributed by atoms with E-state index in [1.54, 1.807) is 0 Å². The summed E-state index contributed by atoms with van der Waals surface area (Å²) in [5.74, 6) is 0. The molecule has 0 unspecified atom stereocenters. The third kappa shape index (κ3) is 2.74. The molecule has 5 rings (SSSR count). The van der Waals surface area contributed by atoms with Crippen molar-refractivity contribution in [3.8, 4) is 22.4 Å². The number of benzene rings is 3. The molecule has 0 N–H and O–H groups in total.